The summed E-state index contributed by atoms with van der Waals surface area (Å²) >= 11 is 0. The van der Waals surface area contributed by atoms with Gasteiger partial charge >= 0.3 is 12.1 Å². The SMILES string of the molecule is C=C/C=C(\N=C/C)N(CCC(=O)OCCN(C)C)C(=O)c1ccc2c(c1)nc(CNc1ccc(/C(N)=N/C(=O)OCCCCCC)cc1)n2C. The molecule has 0 saturated heterocycles. The van der Waals surface area contributed by atoms with E-state index in [1.54, 1.807) is 49.6 Å². The quantitative estimate of drug-likeness (QED) is 0.0534. The molecule has 0 saturated carbocycles. The number of hydrogen-bond acceptors (Lipinski definition) is 9. The summed E-state index contributed by atoms with van der Waals surface area (Å²) in [6, 6.07) is 12.5. The first-order chi connectivity index (χ1) is 24.1. The number of allylic oxidation sites excluding steroid dienone is 2. The lowest BCUT2D eigenvalue weighted by molar-refractivity contribution is -0.144. The molecule has 2 aromatic carbocycles. The van der Waals surface area contributed by atoms with Crippen LogP contribution in [0, 0.1) is 0 Å². The molecule has 268 valence electrons. The molecule has 0 spiro atoms. The zero-order valence-electron chi connectivity index (χ0n) is 29.9. The van der Waals surface area contributed by atoms with Crippen LogP contribution >= 0.6 is 0 Å². The fourth-order valence-corrected chi connectivity index (χ4v) is 4.90. The summed E-state index contributed by atoms with van der Waals surface area (Å²) in [6.45, 7) is 9.30. The van der Waals surface area contributed by atoms with Crippen molar-refractivity contribution in [3.8, 4) is 0 Å². The lowest BCUT2D eigenvalue weighted by Gasteiger charge is -2.23. The molecular formula is C37H50N8O5. The Labute approximate surface area is 294 Å². The van der Waals surface area contributed by atoms with Gasteiger partial charge in [0.05, 0.1) is 30.6 Å². The first-order valence-electron chi connectivity index (χ1n) is 16.8. The molecule has 13 nitrogen and oxygen atoms in total. The molecule has 0 bridgehead atoms. The number of fused-ring (bicyclic) bond motifs is 1. The van der Waals surface area contributed by atoms with Crippen LogP contribution < -0.4 is 11.1 Å². The van der Waals surface area contributed by atoms with E-state index in [2.05, 4.69) is 28.8 Å². The summed E-state index contributed by atoms with van der Waals surface area (Å²) in [5.41, 5.74) is 9.34. The molecular weight excluding hydrogens is 636 g/mol. The number of rotatable bonds is 19. The van der Waals surface area contributed by atoms with Gasteiger partial charge in [0.15, 0.2) is 0 Å². The van der Waals surface area contributed by atoms with Crippen LogP contribution in [0.1, 0.15) is 67.7 Å². The standard InChI is InChI=1S/C37H50N8O5/c1-7-10-11-12-23-50-37(48)42-35(38)27-14-17-29(18-15-27)40-26-33-41-30-25-28(16-19-31(30)44(33)6)36(47)45(32(13-8-2)39-9-3)21-20-34(46)49-24-22-43(4)5/h8-9,13-19,25,40H,2,7,10-12,20-24,26H2,1,3-6H3,(H2,38,42,48)/b32-13+,39-9-. The van der Waals surface area contributed by atoms with Gasteiger partial charge in [-0.3, -0.25) is 14.5 Å². The highest BCUT2D eigenvalue weighted by atomic mass is 16.5. The third kappa shape index (κ3) is 12.0. The van der Waals surface area contributed by atoms with Gasteiger partial charge in [-0.05, 0) is 76.0 Å². The van der Waals surface area contributed by atoms with Gasteiger partial charge in [0, 0.05) is 43.2 Å². The number of anilines is 1. The third-order valence-corrected chi connectivity index (χ3v) is 7.68. The average Bonchev–Trinajstić information content (AvgIpc) is 3.41. The number of carbonyl (C=O) groups excluding carboxylic acids is 3. The van der Waals surface area contributed by atoms with E-state index in [0.717, 1.165) is 42.7 Å². The van der Waals surface area contributed by atoms with Crippen LogP contribution in [0.5, 0.6) is 0 Å². The highest BCUT2D eigenvalue weighted by molar-refractivity contribution is 6.03. The average molecular weight is 687 g/mol. The maximum absolute atomic E-state index is 13.8. The summed E-state index contributed by atoms with van der Waals surface area (Å²) in [5, 5.41) is 3.35. The number of imidazole rings is 1. The van der Waals surface area contributed by atoms with Crippen molar-refractivity contribution in [1.29, 1.82) is 0 Å². The lowest BCUT2D eigenvalue weighted by Crippen LogP contribution is -2.32. The minimum atomic E-state index is -0.695. The van der Waals surface area contributed by atoms with Gasteiger partial charge < -0.3 is 30.0 Å². The van der Waals surface area contributed by atoms with Crippen molar-refractivity contribution < 1.29 is 23.9 Å². The molecule has 2 amide bonds. The van der Waals surface area contributed by atoms with Gasteiger partial charge in [-0.2, -0.15) is 4.99 Å². The molecule has 0 aliphatic rings. The monoisotopic (exact) mass is 686 g/mol. The summed E-state index contributed by atoms with van der Waals surface area (Å²) in [6.07, 6.45) is 8.07. The van der Waals surface area contributed by atoms with Gasteiger partial charge in [-0.25, -0.2) is 14.8 Å². The molecule has 1 heterocycles. The Balaban J connectivity index is 1.69. The fraction of sp³-hybridized carbons (Fsp3) is 0.405. The molecule has 0 unspecified atom stereocenters. The zero-order chi connectivity index (χ0) is 36.5. The minimum absolute atomic E-state index is 0.000634. The Kier molecular flexibility index (Phi) is 15.9. The predicted octanol–water partition coefficient (Wildman–Crippen LogP) is 5.66. The summed E-state index contributed by atoms with van der Waals surface area (Å²) in [7, 11) is 5.70. The molecule has 0 atom stereocenters. The van der Waals surface area contributed by atoms with E-state index < -0.39 is 12.1 Å². The van der Waals surface area contributed by atoms with Crippen molar-refractivity contribution in [1.82, 2.24) is 19.4 Å². The van der Waals surface area contributed by atoms with Crippen molar-refractivity contribution in [2.24, 2.45) is 22.8 Å². The number of unbranched alkanes of at least 4 members (excludes halogenated alkanes) is 3. The number of nitrogens with zero attached hydrogens (tertiary/aromatic N) is 6. The van der Waals surface area contributed by atoms with Crippen LogP contribution in [0.4, 0.5) is 10.5 Å². The Morgan fingerprint density at radius 2 is 1.76 bits per heavy atom. The van der Waals surface area contributed by atoms with Crippen LogP contribution in [-0.2, 0) is 27.9 Å². The van der Waals surface area contributed by atoms with E-state index >= 15 is 0 Å². The molecule has 13 heteroatoms. The normalized spacial score (nSPS) is 12.0. The Morgan fingerprint density at radius 3 is 2.44 bits per heavy atom. The summed E-state index contributed by atoms with van der Waals surface area (Å²) in [5.74, 6) is 0.455. The molecule has 0 aliphatic heterocycles. The number of aromatic nitrogens is 2. The molecule has 3 N–H and O–H groups in total. The largest absolute Gasteiger partial charge is 0.464 e. The van der Waals surface area contributed by atoms with E-state index in [9.17, 15) is 14.4 Å². The molecule has 3 rings (SSSR count). The van der Waals surface area contributed by atoms with Gasteiger partial charge in [0.2, 0.25) is 0 Å². The van der Waals surface area contributed by atoms with Crippen molar-refractivity contribution in [3.05, 3.63) is 84.0 Å². The molecule has 0 fully saturated rings. The number of likely N-dealkylation sites (N-methyl/N-ethyl adjacent to an activating group) is 1. The third-order valence-electron chi connectivity index (χ3n) is 7.68. The second kappa shape index (κ2) is 20.3. The van der Waals surface area contributed by atoms with Crippen LogP contribution in [0.2, 0.25) is 0 Å². The van der Waals surface area contributed by atoms with Gasteiger partial charge in [0.25, 0.3) is 5.91 Å². The smallest absolute Gasteiger partial charge is 0.435 e. The molecule has 0 aliphatic carbocycles. The van der Waals surface area contributed by atoms with Crippen LogP contribution in [0.3, 0.4) is 0 Å². The van der Waals surface area contributed by atoms with Crippen molar-refractivity contribution in [2.75, 3.05) is 45.7 Å². The number of carbonyl (C=O) groups is 3. The predicted molar refractivity (Wildman–Crippen MR) is 198 cm³/mol. The Morgan fingerprint density at radius 1 is 1.02 bits per heavy atom. The van der Waals surface area contributed by atoms with Crippen molar-refractivity contribution >= 4 is 46.7 Å². The minimum Gasteiger partial charge on any atom is -0.464 e. The molecule has 50 heavy (non-hydrogen) atoms. The van der Waals surface area contributed by atoms with E-state index in [1.807, 2.05) is 48.8 Å². The number of ether oxygens (including phenoxy) is 2. The van der Waals surface area contributed by atoms with Crippen LogP contribution in [0.25, 0.3) is 11.0 Å². The maximum atomic E-state index is 13.8. The lowest BCUT2D eigenvalue weighted by atomic mass is 10.1. The number of aliphatic imine (C=N–C) groups is 2. The topological polar surface area (TPSA) is 157 Å². The molecule has 3 aromatic rings. The number of hydrogen-bond donors (Lipinski definition) is 2. The second-order valence-electron chi connectivity index (χ2n) is 11.8. The van der Waals surface area contributed by atoms with E-state index in [-0.39, 0.29) is 31.3 Å². The summed E-state index contributed by atoms with van der Waals surface area (Å²) < 4.78 is 12.4. The van der Waals surface area contributed by atoms with E-state index in [4.69, 9.17) is 20.2 Å². The number of amides is 2. The number of aryl methyl sites for hydroxylation is 1. The number of esters is 1. The van der Waals surface area contributed by atoms with E-state index in [0.29, 0.717) is 42.2 Å². The van der Waals surface area contributed by atoms with Crippen molar-refractivity contribution in [3.63, 3.8) is 0 Å². The van der Waals surface area contributed by atoms with Gasteiger partial charge in [0.1, 0.15) is 24.1 Å². The first-order valence-corrected chi connectivity index (χ1v) is 16.8. The highest BCUT2D eigenvalue weighted by Crippen LogP contribution is 2.21. The fourth-order valence-electron chi connectivity index (χ4n) is 4.90. The molecule has 1 aromatic heterocycles. The Hall–Kier alpha value is -5.30. The number of nitrogens with one attached hydrogen (secondary N) is 1. The maximum Gasteiger partial charge on any atom is 0.435 e. The van der Waals surface area contributed by atoms with Gasteiger partial charge in [-0.15, -0.1) is 0 Å². The van der Waals surface area contributed by atoms with Crippen LogP contribution in [0.15, 0.2) is 77.0 Å². The second-order valence-corrected chi connectivity index (χ2v) is 11.8. The number of nitrogens with two attached hydrogens (primary N) is 1. The number of amidine groups is 1. The van der Waals surface area contributed by atoms with Gasteiger partial charge in [-0.1, -0.05) is 38.8 Å². The van der Waals surface area contributed by atoms with E-state index in [1.165, 1.54) is 4.90 Å². The summed E-state index contributed by atoms with van der Waals surface area (Å²) in [4.78, 5) is 54.7. The molecule has 0 radical (unpaired) electrons. The van der Waals surface area contributed by atoms with Crippen molar-refractivity contribution in [2.45, 2.75) is 52.5 Å². The highest BCUT2D eigenvalue weighted by Gasteiger charge is 2.22. The van der Waals surface area contributed by atoms with Crippen LogP contribution in [-0.4, -0.2) is 89.8 Å². The first kappa shape index (κ1) is 39.1. The zero-order valence-corrected chi connectivity index (χ0v) is 29.9. The number of benzene rings is 2. The Bertz CT molecular complexity index is 1690.